The summed E-state index contributed by atoms with van der Waals surface area (Å²) in [6, 6.07) is 11.0. The fraction of sp³-hybridized carbons (Fsp3) is 0.154. The zero-order valence-electron chi connectivity index (χ0n) is 9.64. The number of halogens is 1. The van der Waals surface area contributed by atoms with E-state index in [0.29, 0.717) is 23.0 Å². The van der Waals surface area contributed by atoms with Crippen molar-refractivity contribution >= 4 is 23.1 Å². The first-order valence-electron chi connectivity index (χ1n) is 5.42. The number of nitrogens with two attached hydrogens (primary N) is 1. The summed E-state index contributed by atoms with van der Waals surface area (Å²) in [4.78, 5) is 4.16. The Kier molecular flexibility index (Phi) is 4.02. The molecule has 0 fully saturated rings. The van der Waals surface area contributed by atoms with Crippen LogP contribution in [0.15, 0.2) is 45.8 Å². The number of hydrogen-bond donors (Lipinski definition) is 2. The van der Waals surface area contributed by atoms with Crippen molar-refractivity contribution in [2.75, 3.05) is 5.88 Å². The molecule has 1 aromatic carbocycles. The van der Waals surface area contributed by atoms with Crippen LogP contribution < -0.4 is 5.73 Å². The number of aliphatic imine (C=N–C) groups is 1. The van der Waals surface area contributed by atoms with Crippen LogP contribution in [-0.2, 0) is 6.61 Å². The first-order valence-corrected chi connectivity index (χ1v) is 5.95. The van der Waals surface area contributed by atoms with Crippen LogP contribution in [0, 0.1) is 0 Å². The first-order chi connectivity index (χ1) is 8.72. The highest BCUT2D eigenvalue weighted by Gasteiger charge is 2.04. The Morgan fingerprint density at radius 1 is 1.33 bits per heavy atom. The monoisotopic (exact) mass is 264 g/mol. The maximum absolute atomic E-state index is 8.96. The summed E-state index contributed by atoms with van der Waals surface area (Å²) in [5.74, 6) is 1.77. The van der Waals surface area contributed by atoms with Gasteiger partial charge in [0.15, 0.2) is 0 Å². The fourth-order valence-electron chi connectivity index (χ4n) is 1.54. The Hall–Kier alpha value is -1.78. The highest BCUT2D eigenvalue weighted by Crippen LogP contribution is 2.26. The summed E-state index contributed by atoms with van der Waals surface area (Å²) in [5, 5.41) is 8.96. The third-order valence-electron chi connectivity index (χ3n) is 2.36. The summed E-state index contributed by atoms with van der Waals surface area (Å²) in [5.41, 5.74) is 7.17. The summed E-state index contributed by atoms with van der Waals surface area (Å²) < 4.78 is 5.45. The van der Waals surface area contributed by atoms with Crippen LogP contribution in [0.5, 0.6) is 0 Å². The van der Waals surface area contributed by atoms with Gasteiger partial charge >= 0.3 is 0 Å². The normalized spacial score (nSPS) is 11.8. The van der Waals surface area contributed by atoms with Gasteiger partial charge in [0.2, 0.25) is 0 Å². The quantitative estimate of drug-likeness (QED) is 0.507. The molecule has 0 unspecified atom stereocenters. The Morgan fingerprint density at radius 3 is 2.83 bits per heavy atom. The van der Waals surface area contributed by atoms with Crippen LogP contribution >= 0.6 is 11.6 Å². The standard InChI is InChI=1S/C13H13ClN2O2/c14-7-13(15)16-10-3-1-2-9(6-10)12-5-4-11(8-17)18-12/h1-6,17H,7-8H2,(H2,15,16). The van der Waals surface area contributed by atoms with Crippen molar-refractivity contribution in [2.24, 2.45) is 10.7 Å². The van der Waals surface area contributed by atoms with Crippen LogP contribution in [0.3, 0.4) is 0 Å². The molecular formula is C13H13ClN2O2. The van der Waals surface area contributed by atoms with Crippen molar-refractivity contribution in [3.63, 3.8) is 0 Å². The van der Waals surface area contributed by atoms with Gasteiger partial charge in [-0.15, -0.1) is 11.6 Å². The van der Waals surface area contributed by atoms with Gasteiger partial charge in [-0.25, -0.2) is 4.99 Å². The van der Waals surface area contributed by atoms with E-state index in [1.165, 1.54) is 0 Å². The number of aliphatic hydroxyl groups is 1. The molecule has 0 aliphatic carbocycles. The molecule has 3 N–H and O–H groups in total. The van der Waals surface area contributed by atoms with Crippen molar-refractivity contribution in [2.45, 2.75) is 6.61 Å². The van der Waals surface area contributed by atoms with E-state index in [1.807, 2.05) is 24.3 Å². The molecule has 0 bridgehead atoms. The van der Waals surface area contributed by atoms with E-state index in [2.05, 4.69) is 4.99 Å². The number of alkyl halides is 1. The van der Waals surface area contributed by atoms with Gasteiger partial charge in [-0.05, 0) is 24.3 Å². The Bertz CT molecular complexity index is 564. The van der Waals surface area contributed by atoms with Crippen LogP contribution in [0.4, 0.5) is 5.69 Å². The smallest absolute Gasteiger partial charge is 0.134 e. The van der Waals surface area contributed by atoms with E-state index in [-0.39, 0.29) is 12.5 Å². The summed E-state index contributed by atoms with van der Waals surface area (Å²) >= 11 is 5.58. The second-order valence-electron chi connectivity index (χ2n) is 3.71. The summed E-state index contributed by atoms with van der Waals surface area (Å²) in [7, 11) is 0. The second-order valence-corrected chi connectivity index (χ2v) is 3.98. The molecule has 0 radical (unpaired) electrons. The number of hydrogen-bond acceptors (Lipinski definition) is 3. The van der Waals surface area contributed by atoms with Gasteiger partial charge in [-0.2, -0.15) is 0 Å². The van der Waals surface area contributed by atoms with E-state index >= 15 is 0 Å². The lowest BCUT2D eigenvalue weighted by molar-refractivity contribution is 0.248. The molecule has 0 amide bonds. The average Bonchev–Trinajstić information content (AvgIpc) is 2.87. The predicted molar refractivity (Wildman–Crippen MR) is 72.1 cm³/mol. The van der Waals surface area contributed by atoms with Gasteiger partial charge < -0.3 is 15.3 Å². The van der Waals surface area contributed by atoms with Crippen LogP contribution in [0.25, 0.3) is 11.3 Å². The van der Waals surface area contributed by atoms with Crippen LogP contribution in [0.2, 0.25) is 0 Å². The predicted octanol–water partition coefficient (Wildman–Crippen LogP) is 2.67. The lowest BCUT2D eigenvalue weighted by atomic mass is 10.1. The zero-order chi connectivity index (χ0) is 13.0. The van der Waals surface area contributed by atoms with Gasteiger partial charge in [0.1, 0.15) is 24.0 Å². The summed E-state index contributed by atoms with van der Waals surface area (Å²) in [6.45, 7) is -0.114. The second kappa shape index (κ2) is 5.71. The number of nitrogens with zero attached hydrogens (tertiary/aromatic N) is 1. The molecular weight excluding hydrogens is 252 g/mol. The largest absolute Gasteiger partial charge is 0.459 e. The van der Waals surface area contributed by atoms with E-state index in [1.54, 1.807) is 12.1 Å². The Labute approximate surface area is 110 Å². The molecule has 94 valence electrons. The van der Waals surface area contributed by atoms with Gasteiger partial charge in [-0.1, -0.05) is 12.1 Å². The molecule has 2 rings (SSSR count). The van der Waals surface area contributed by atoms with E-state index < -0.39 is 0 Å². The number of amidine groups is 1. The summed E-state index contributed by atoms with van der Waals surface area (Å²) in [6.07, 6.45) is 0. The molecule has 4 nitrogen and oxygen atoms in total. The molecule has 2 aromatic rings. The van der Waals surface area contributed by atoms with Crippen molar-refractivity contribution in [3.8, 4) is 11.3 Å². The molecule has 0 saturated carbocycles. The molecule has 0 aliphatic heterocycles. The third-order valence-corrected chi connectivity index (χ3v) is 2.63. The van der Waals surface area contributed by atoms with Crippen molar-refractivity contribution in [3.05, 3.63) is 42.2 Å². The topological polar surface area (TPSA) is 71.8 Å². The highest BCUT2D eigenvalue weighted by molar-refractivity contribution is 6.28. The SMILES string of the molecule is NC(CCl)=Nc1cccc(-c2ccc(CO)o2)c1. The number of aliphatic hydroxyl groups excluding tert-OH is 1. The molecule has 18 heavy (non-hydrogen) atoms. The Balaban J connectivity index is 2.32. The lowest BCUT2D eigenvalue weighted by Crippen LogP contribution is -2.12. The molecule has 0 saturated heterocycles. The maximum Gasteiger partial charge on any atom is 0.134 e. The molecule has 0 spiro atoms. The van der Waals surface area contributed by atoms with E-state index in [9.17, 15) is 0 Å². The number of furan rings is 1. The van der Waals surface area contributed by atoms with Gasteiger partial charge in [0, 0.05) is 5.56 Å². The Morgan fingerprint density at radius 2 is 2.17 bits per heavy atom. The molecule has 5 heteroatoms. The van der Waals surface area contributed by atoms with Crippen LogP contribution in [-0.4, -0.2) is 16.8 Å². The number of rotatable bonds is 4. The third kappa shape index (κ3) is 2.91. The average molecular weight is 265 g/mol. The maximum atomic E-state index is 8.96. The minimum absolute atomic E-state index is 0.114. The van der Waals surface area contributed by atoms with Crippen molar-refractivity contribution < 1.29 is 9.52 Å². The van der Waals surface area contributed by atoms with Crippen molar-refractivity contribution in [1.82, 2.24) is 0 Å². The molecule has 0 aliphatic rings. The van der Waals surface area contributed by atoms with Crippen molar-refractivity contribution in [1.29, 1.82) is 0 Å². The molecule has 1 heterocycles. The highest BCUT2D eigenvalue weighted by atomic mass is 35.5. The molecule has 0 atom stereocenters. The zero-order valence-corrected chi connectivity index (χ0v) is 10.4. The van der Waals surface area contributed by atoms with Gasteiger partial charge in [0.25, 0.3) is 0 Å². The van der Waals surface area contributed by atoms with E-state index in [4.69, 9.17) is 26.9 Å². The minimum Gasteiger partial charge on any atom is -0.459 e. The fourth-order valence-corrected chi connectivity index (χ4v) is 1.60. The van der Waals surface area contributed by atoms with Crippen LogP contribution in [0.1, 0.15) is 5.76 Å². The first kappa shape index (κ1) is 12.7. The minimum atomic E-state index is -0.114. The van der Waals surface area contributed by atoms with Gasteiger partial charge in [-0.3, -0.25) is 0 Å². The molecule has 1 aromatic heterocycles. The number of benzene rings is 1. The lowest BCUT2D eigenvalue weighted by Gasteiger charge is -2.00. The van der Waals surface area contributed by atoms with E-state index in [0.717, 1.165) is 5.56 Å². The van der Waals surface area contributed by atoms with Gasteiger partial charge in [0.05, 0.1) is 11.6 Å².